The van der Waals surface area contributed by atoms with E-state index >= 15 is 0 Å². The molecule has 6 nitrogen and oxygen atoms in total. The van der Waals surface area contributed by atoms with Crippen LogP contribution in [0, 0.1) is 5.92 Å². The number of pyridine rings is 1. The highest BCUT2D eigenvalue weighted by atomic mass is 16.3. The number of nitrogens with zero attached hydrogens (tertiary/aromatic N) is 4. The third kappa shape index (κ3) is 4.13. The summed E-state index contributed by atoms with van der Waals surface area (Å²) in [6.07, 6.45) is 7.84. The smallest absolute Gasteiger partial charge is 0.142 e. The van der Waals surface area contributed by atoms with Crippen molar-refractivity contribution in [1.82, 2.24) is 19.7 Å². The van der Waals surface area contributed by atoms with E-state index < -0.39 is 0 Å². The lowest BCUT2D eigenvalue weighted by atomic mass is 9.90. The van der Waals surface area contributed by atoms with Crippen LogP contribution in [0.5, 0.6) is 0 Å². The first-order valence-electron chi connectivity index (χ1n) is 9.86. The van der Waals surface area contributed by atoms with Gasteiger partial charge in [-0.1, -0.05) is 12.1 Å². The van der Waals surface area contributed by atoms with Crippen molar-refractivity contribution in [2.75, 3.05) is 26.2 Å². The molecule has 0 atom stereocenters. The lowest BCUT2D eigenvalue weighted by molar-refractivity contribution is -0.123. The number of carbonyl (C=O) groups excluding carboxylic acids is 1. The van der Waals surface area contributed by atoms with Crippen LogP contribution >= 0.6 is 0 Å². The number of piperidine rings is 1. The molecule has 3 aromatic rings. The maximum atomic E-state index is 12.7. The summed E-state index contributed by atoms with van der Waals surface area (Å²) in [5.74, 6) is 0.382. The Morgan fingerprint density at radius 3 is 2.68 bits per heavy atom. The van der Waals surface area contributed by atoms with Gasteiger partial charge < -0.3 is 10.0 Å². The lowest BCUT2D eigenvalue weighted by Crippen LogP contribution is -2.38. The number of fused-ring (bicyclic) bond motifs is 1. The topological polar surface area (TPSA) is 71.2 Å². The van der Waals surface area contributed by atoms with Crippen LogP contribution in [0.1, 0.15) is 18.5 Å². The van der Waals surface area contributed by atoms with Crippen molar-refractivity contribution in [3.63, 3.8) is 0 Å². The number of aromatic nitrogens is 3. The fourth-order valence-corrected chi connectivity index (χ4v) is 3.98. The molecular weight excluding hydrogens is 352 g/mol. The van der Waals surface area contributed by atoms with Gasteiger partial charge in [-0.05, 0) is 49.0 Å². The molecule has 1 aliphatic heterocycles. The maximum Gasteiger partial charge on any atom is 0.142 e. The van der Waals surface area contributed by atoms with E-state index in [-0.39, 0.29) is 18.3 Å². The van der Waals surface area contributed by atoms with Crippen molar-refractivity contribution in [3.8, 4) is 11.1 Å². The molecule has 1 N–H and O–H groups in total. The van der Waals surface area contributed by atoms with E-state index in [2.05, 4.69) is 33.2 Å². The molecule has 28 heavy (non-hydrogen) atoms. The second kappa shape index (κ2) is 8.20. The molecule has 3 heterocycles. The van der Waals surface area contributed by atoms with Crippen LogP contribution in [0.15, 0.2) is 42.9 Å². The summed E-state index contributed by atoms with van der Waals surface area (Å²) in [5.41, 5.74) is 3.02. The number of likely N-dealkylation sites (tertiary alicyclic amines) is 1. The Labute approximate surface area is 164 Å². The Balaban J connectivity index is 1.47. The van der Waals surface area contributed by atoms with Gasteiger partial charge in [-0.25, -0.2) is 0 Å². The number of benzene rings is 1. The molecule has 0 radical (unpaired) electrons. The second-order valence-corrected chi connectivity index (χ2v) is 7.62. The van der Waals surface area contributed by atoms with Crippen LogP contribution < -0.4 is 0 Å². The molecule has 6 heteroatoms. The summed E-state index contributed by atoms with van der Waals surface area (Å²) in [7, 11) is 1.91. The molecular formula is C22H26N4O2. The van der Waals surface area contributed by atoms with E-state index in [1.165, 1.54) is 0 Å². The van der Waals surface area contributed by atoms with Gasteiger partial charge in [0.2, 0.25) is 0 Å². The van der Waals surface area contributed by atoms with Crippen LogP contribution in [0.2, 0.25) is 0 Å². The number of carbonyl (C=O) groups is 1. The van der Waals surface area contributed by atoms with Gasteiger partial charge in [-0.2, -0.15) is 5.10 Å². The fourth-order valence-electron chi connectivity index (χ4n) is 3.98. The first-order valence-corrected chi connectivity index (χ1v) is 9.86. The molecule has 0 aliphatic carbocycles. The zero-order valence-electron chi connectivity index (χ0n) is 16.2. The summed E-state index contributed by atoms with van der Waals surface area (Å²) in [5, 5.41) is 15.5. The fraction of sp³-hybridized carbons (Fsp3) is 0.409. The molecule has 0 spiro atoms. The number of aliphatic hydroxyl groups is 1. The van der Waals surface area contributed by atoms with Crippen LogP contribution in [-0.4, -0.2) is 56.8 Å². The van der Waals surface area contributed by atoms with Crippen LogP contribution in [0.3, 0.4) is 0 Å². The van der Waals surface area contributed by atoms with E-state index in [1.807, 2.05) is 31.7 Å². The van der Waals surface area contributed by atoms with Gasteiger partial charge in [0, 0.05) is 55.0 Å². The van der Waals surface area contributed by atoms with Gasteiger partial charge >= 0.3 is 0 Å². The molecule has 0 unspecified atom stereocenters. The average Bonchev–Trinajstić information content (AvgIpc) is 3.14. The molecule has 1 aromatic carbocycles. The third-order valence-electron chi connectivity index (χ3n) is 5.63. The van der Waals surface area contributed by atoms with Gasteiger partial charge in [0.25, 0.3) is 0 Å². The summed E-state index contributed by atoms with van der Waals surface area (Å²) in [6.45, 7) is 2.65. The van der Waals surface area contributed by atoms with E-state index in [0.717, 1.165) is 53.5 Å². The average molecular weight is 378 g/mol. The second-order valence-electron chi connectivity index (χ2n) is 7.62. The number of β-amino-alcohol motifs (C(OH)–C–C–N with tert-alkyl or cyclic N) is 1. The standard InChI is InChI=1S/C22H26N4O2/c1-25-15-20(14-24-25)17-2-3-18-13-23-21(11-19(18)10-17)12-22(28)16-4-6-26(7-5-16)8-9-27/h2-3,10-11,13-16,27H,4-9,12H2,1H3. The normalized spacial score (nSPS) is 15.9. The quantitative estimate of drug-likeness (QED) is 0.713. The molecule has 0 amide bonds. The molecule has 1 fully saturated rings. The molecule has 2 aromatic heterocycles. The molecule has 146 valence electrons. The summed E-state index contributed by atoms with van der Waals surface area (Å²) in [6, 6.07) is 8.31. The van der Waals surface area contributed by atoms with Crippen molar-refractivity contribution in [2.24, 2.45) is 13.0 Å². The zero-order valence-corrected chi connectivity index (χ0v) is 16.2. The summed E-state index contributed by atoms with van der Waals surface area (Å²) < 4.78 is 1.79. The van der Waals surface area contributed by atoms with Gasteiger partial charge in [-0.15, -0.1) is 0 Å². The minimum Gasteiger partial charge on any atom is -0.395 e. The van der Waals surface area contributed by atoms with Crippen molar-refractivity contribution < 1.29 is 9.90 Å². The largest absolute Gasteiger partial charge is 0.395 e. The SMILES string of the molecule is Cn1cc(-c2ccc3cnc(CC(=O)C4CCN(CCO)CC4)cc3c2)cn1. The first-order chi connectivity index (χ1) is 13.6. The highest BCUT2D eigenvalue weighted by Crippen LogP contribution is 2.25. The summed E-state index contributed by atoms with van der Waals surface area (Å²) >= 11 is 0. The van der Waals surface area contributed by atoms with E-state index in [0.29, 0.717) is 13.0 Å². The highest BCUT2D eigenvalue weighted by molar-refractivity contribution is 5.88. The van der Waals surface area contributed by atoms with E-state index in [4.69, 9.17) is 5.11 Å². The number of hydrogen-bond donors (Lipinski definition) is 1. The molecule has 4 rings (SSSR count). The Hall–Kier alpha value is -2.57. The van der Waals surface area contributed by atoms with Crippen molar-refractivity contribution in [1.29, 1.82) is 0 Å². The number of hydrogen-bond acceptors (Lipinski definition) is 5. The number of aryl methyl sites for hydroxylation is 1. The van der Waals surface area contributed by atoms with Crippen molar-refractivity contribution in [2.45, 2.75) is 19.3 Å². The van der Waals surface area contributed by atoms with Gasteiger partial charge in [0.05, 0.1) is 12.8 Å². The monoisotopic (exact) mass is 378 g/mol. The Morgan fingerprint density at radius 2 is 1.96 bits per heavy atom. The van der Waals surface area contributed by atoms with Gasteiger partial charge in [0.1, 0.15) is 5.78 Å². The number of ketones is 1. The lowest BCUT2D eigenvalue weighted by Gasteiger charge is -2.30. The Morgan fingerprint density at radius 1 is 1.14 bits per heavy atom. The number of aliphatic hydroxyl groups excluding tert-OH is 1. The predicted octanol–water partition coefficient (Wildman–Crippen LogP) is 2.45. The van der Waals surface area contributed by atoms with Crippen molar-refractivity contribution >= 4 is 16.6 Å². The molecule has 1 aliphatic rings. The Kier molecular flexibility index (Phi) is 5.50. The minimum absolute atomic E-state index is 0.106. The minimum atomic E-state index is 0.106. The molecule has 0 bridgehead atoms. The van der Waals surface area contributed by atoms with Gasteiger partial charge in [-0.3, -0.25) is 14.5 Å². The van der Waals surface area contributed by atoms with Crippen LogP contribution in [0.4, 0.5) is 0 Å². The van der Waals surface area contributed by atoms with Gasteiger partial charge in [0.15, 0.2) is 0 Å². The number of rotatable bonds is 6. The first kappa shape index (κ1) is 18.8. The van der Waals surface area contributed by atoms with Crippen LogP contribution in [-0.2, 0) is 18.3 Å². The van der Waals surface area contributed by atoms with E-state index in [1.54, 1.807) is 4.68 Å². The third-order valence-corrected chi connectivity index (χ3v) is 5.63. The Bertz CT molecular complexity index is 974. The predicted molar refractivity (Wildman–Crippen MR) is 109 cm³/mol. The zero-order chi connectivity index (χ0) is 19.5. The van der Waals surface area contributed by atoms with Crippen molar-refractivity contribution in [3.05, 3.63) is 48.5 Å². The van der Waals surface area contributed by atoms with Crippen LogP contribution in [0.25, 0.3) is 21.9 Å². The molecule has 0 saturated carbocycles. The highest BCUT2D eigenvalue weighted by Gasteiger charge is 2.24. The molecule has 1 saturated heterocycles. The summed E-state index contributed by atoms with van der Waals surface area (Å²) in [4.78, 5) is 19.5. The maximum absolute atomic E-state index is 12.7. The van der Waals surface area contributed by atoms with E-state index in [9.17, 15) is 4.79 Å². The number of Topliss-reactive ketones (excluding diaryl/α,β-unsaturated/α-hetero) is 1.